The smallest absolute Gasteiger partial charge is 0.220 e. The zero-order valence-electron chi connectivity index (χ0n) is 14.6. The Balaban J connectivity index is 1.57. The van der Waals surface area contributed by atoms with E-state index in [1.165, 1.54) is 36.2 Å². The van der Waals surface area contributed by atoms with Crippen LogP contribution in [0, 0.1) is 0 Å². The molecule has 2 aromatic rings. The van der Waals surface area contributed by atoms with Crippen LogP contribution in [0.25, 0.3) is 0 Å². The van der Waals surface area contributed by atoms with Gasteiger partial charge in [-0.2, -0.15) is 0 Å². The first-order valence-corrected chi connectivity index (χ1v) is 8.92. The van der Waals surface area contributed by atoms with Gasteiger partial charge in [0.2, 0.25) is 5.95 Å². The van der Waals surface area contributed by atoms with Crippen LogP contribution in [0.2, 0.25) is 0 Å². The number of nitrogen functional groups attached to an aromatic ring is 1. The molecule has 1 saturated heterocycles. The highest BCUT2D eigenvalue weighted by Gasteiger charge is 2.43. The third kappa shape index (κ3) is 2.59. The van der Waals surface area contributed by atoms with Crippen LogP contribution in [0.4, 0.5) is 5.95 Å². The van der Waals surface area contributed by atoms with Gasteiger partial charge in [0.15, 0.2) is 0 Å². The minimum absolute atomic E-state index is 0.160. The van der Waals surface area contributed by atoms with Gasteiger partial charge in [0.25, 0.3) is 0 Å². The zero-order valence-corrected chi connectivity index (χ0v) is 14.6. The Labute approximate surface area is 143 Å². The maximum Gasteiger partial charge on any atom is 0.220 e. The molecule has 2 aromatic heterocycles. The van der Waals surface area contributed by atoms with Crippen LogP contribution in [0.5, 0.6) is 0 Å². The van der Waals surface area contributed by atoms with Gasteiger partial charge in [-0.25, -0.2) is 15.0 Å². The van der Waals surface area contributed by atoms with E-state index in [-0.39, 0.29) is 5.41 Å². The number of imidazole rings is 1. The number of hydrogen-bond acceptors (Lipinski definition) is 5. The molecule has 24 heavy (non-hydrogen) atoms. The highest BCUT2D eigenvalue weighted by Crippen LogP contribution is 2.44. The number of fused-ring (bicyclic) bond motifs is 2. The highest BCUT2D eigenvalue weighted by molar-refractivity contribution is 5.37. The number of anilines is 1. The molecule has 1 unspecified atom stereocenters. The van der Waals surface area contributed by atoms with Gasteiger partial charge in [-0.15, -0.1) is 0 Å². The van der Waals surface area contributed by atoms with Gasteiger partial charge in [-0.3, -0.25) is 4.90 Å². The van der Waals surface area contributed by atoms with Crippen molar-refractivity contribution in [1.82, 2.24) is 24.4 Å². The molecule has 0 bridgehead atoms. The molecule has 0 saturated carbocycles. The first-order valence-electron chi connectivity index (χ1n) is 8.92. The summed E-state index contributed by atoms with van der Waals surface area (Å²) in [5.41, 5.74) is 9.82. The summed E-state index contributed by atoms with van der Waals surface area (Å²) in [7, 11) is 0. The van der Waals surface area contributed by atoms with E-state index in [4.69, 9.17) is 5.73 Å². The summed E-state index contributed by atoms with van der Waals surface area (Å²) in [6.07, 6.45) is 10.5. The fourth-order valence-electron chi connectivity index (χ4n) is 4.46. The normalized spacial score (nSPS) is 24.0. The van der Waals surface area contributed by atoms with Crippen molar-refractivity contribution in [3.05, 3.63) is 35.7 Å². The van der Waals surface area contributed by atoms with E-state index in [9.17, 15) is 0 Å². The molecule has 0 amide bonds. The van der Waals surface area contributed by atoms with Crippen molar-refractivity contribution in [1.29, 1.82) is 0 Å². The molecule has 0 radical (unpaired) electrons. The van der Waals surface area contributed by atoms with E-state index in [1.54, 1.807) is 0 Å². The van der Waals surface area contributed by atoms with Gasteiger partial charge < -0.3 is 10.3 Å². The van der Waals surface area contributed by atoms with Crippen LogP contribution in [0.15, 0.2) is 18.7 Å². The summed E-state index contributed by atoms with van der Waals surface area (Å²) in [6.45, 7) is 7.56. The molecular weight excluding hydrogens is 300 g/mol. The Kier molecular flexibility index (Phi) is 3.79. The highest BCUT2D eigenvalue weighted by atomic mass is 15.2. The third-order valence-corrected chi connectivity index (χ3v) is 5.60. The van der Waals surface area contributed by atoms with Crippen LogP contribution >= 0.6 is 0 Å². The lowest BCUT2D eigenvalue weighted by Crippen LogP contribution is -2.45. The zero-order chi connectivity index (χ0) is 16.7. The Morgan fingerprint density at radius 1 is 1.29 bits per heavy atom. The first kappa shape index (κ1) is 15.6. The van der Waals surface area contributed by atoms with Crippen molar-refractivity contribution in [3.63, 3.8) is 0 Å². The van der Waals surface area contributed by atoms with Crippen molar-refractivity contribution in [2.75, 3.05) is 18.8 Å². The molecule has 1 aliphatic heterocycles. The minimum atomic E-state index is 0.160. The van der Waals surface area contributed by atoms with Crippen molar-refractivity contribution in [3.8, 4) is 0 Å². The molecule has 2 aliphatic rings. The standard InChI is InChI=1S/C18H26N6/c1-13(2)24-12-20-9-15(24)10-23-7-3-5-18(11-23)6-4-14-8-21-17(19)22-16(14)18/h8-9,12-13H,3-7,10-11H2,1-2H3,(H2,19,21,22). The summed E-state index contributed by atoms with van der Waals surface area (Å²) in [5.74, 6) is 0.407. The Hall–Kier alpha value is -1.95. The van der Waals surface area contributed by atoms with Crippen molar-refractivity contribution in [2.45, 2.75) is 57.5 Å². The minimum Gasteiger partial charge on any atom is -0.368 e. The molecular formula is C18H26N6. The van der Waals surface area contributed by atoms with Gasteiger partial charge in [0, 0.05) is 36.9 Å². The molecule has 128 valence electrons. The molecule has 1 aliphatic carbocycles. The van der Waals surface area contributed by atoms with E-state index >= 15 is 0 Å². The van der Waals surface area contributed by atoms with E-state index < -0.39 is 0 Å². The van der Waals surface area contributed by atoms with Crippen LogP contribution in [-0.4, -0.2) is 37.5 Å². The number of aromatic nitrogens is 4. The summed E-state index contributed by atoms with van der Waals surface area (Å²) in [5, 5.41) is 0. The van der Waals surface area contributed by atoms with Gasteiger partial charge in [0.1, 0.15) is 0 Å². The molecule has 1 atom stereocenters. The Morgan fingerprint density at radius 2 is 2.17 bits per heavy atom. The van der Waals surface area contributed by atoms with Crippen LogP contribution in [0.1, 0.15) is 56.1 Å². The summed E-state index contributed by atoms with van der Waals surface area (Å²) in [6, 6.07) is 0.445. The second-order valence-electron chi connectivity index (χ2n) is 7.58. The van der Waals surface area contributed by atoms with Gasteiger partial charge in [-0.05, 0) is 51.6 Å². The van der Waals surface area contributed by atoms with Crippen molar-refractivity contribution < 1.29 is 0 Å². The molecule has 6 nitrogen and oxygen atoms in total. The number of rotatable bonds is 3. The number of piperidine rings is 1. The maximum atomic E-state index is 5.87. The molecule has 6 heteroatoms. The lowest BCUT2D eigenvalue weighted by atomic mass is 9.77. The van der Waals surface area contributed by atoms with Crippen molar-refractivity contribution >= 4 is 5.95 Å². The van der Waals surface area contributed by atoms with E-state index in [2.05, 4.69) is 38.3 Å². The van der Waals surface area contributed by atoms with Crippen LogP contribution in [0.3, 0.4) is 0 Å². The molecule has 0 aromatic carbocycles. The molecule has 2 N–H and O–H groups in total. The average molecular weight is 326 g/mol. The molecule has 1 spiro atoms. The second-order valence-corrected chi connectivity index (χ2v) is 7.58. The summed E-state index contributed by atoms with van der Waals surface area (Å²) >= 11 is 0. The molecule has 3 heterocycles. The topological polar surface area (TPSA) is 72.9 Å². The van der Waals surface area contributed by atoms with Crippen LogP contribution in [-0.2, 0) is 18.4 Å². The first-order chi connectivity index (χ1) is 11.6. The third-order valence-electron chi connectivity index (χ3n) is 5.60. The SMILES string of the molecule is CC(C)n1cncc1CN1CCCC2(CCc3cnc(N)nc32)C1. The van der Waals surface area contributed by atoms with E-state index in [0.29, 0.717) is 12.0 Å². The second kappa shape index (κ2) is 5.84. The number of hydrogen-bond donors (Lipinski definition) is 1. The number of aryl methyl sites for hydroxylation is 1. The maximum absolute atomic E-state index is 5.87. The van der Waals surface area contributed by atoms with Crippen LogP contribution < -0.4 is 5.73 Å². The largest absolute Gasteiger partial charge is 0.368 e. The van der Waals surface area contributed by atoms with Gasteiger partial charge in [-0.1, -0.05) is 0 Å². The quantitative estimate of drug-likeness (QED) is 0.937. The number of likely N-dealkylation sites (tertiary alicyclic amines) is 1. The predicted molar refractivity (Wildman–Crippen MR) is 93.6 cm³/mol. The summed E-state index contributed by atoms with van der Waals surface area (Å²) < 4.78 is 2.27. The van der Waals surface area contributed by atoms with E-state index in [1.807, 2.05) is 18.7 Å². The van der Waals surface area contributed by atoms with Gasteiger partial charge >= 0.3 is 0 Å². The molecule has 4 rings (SSSR count). The average Bonchev–Trinajstić information content (AvgIpc) is 3.14. The number of nitrogens with two attached hydrogens (primary N) is 1. The monoisotopic (exact) mass is 326 g/mol. The fourth-order valence-corrected chi connectivity index (χ4v) is 4.46. The summed E-state index contributed by atoms with van der Waals surface area (Å²) in [4.78, 5) is 15.7. The van der Waals surface area contributed by atoms with E-state index in [0.717, 1.165) is 26.1 Å². The molecule has 1 fully saturated rings. The van der Waals surface area contributed by atoms with Gasteiger partial charge in [0.05, 0.1) is 17.7 Å². The number of nitrogens with zero attached hydrogens (tertiary/aromatic N) is 5. The predicted octanol–water partition coefficient (Wildman–Crippen LogP) is 2.32. The lowest BCUT2D eigenvalue weighted by Gasteiger charge is -2.40. The lowest BCUT2D eigenvalue weighted by molar-refractivity contribution is 0.134. The Morgan fingerprint density at radius 3 is 3.00 bits per heavy atom. The fraction of sp³-hybridized carbons (Fsp3) is 0.611. The Bertz CT molecular complexity index is 733. The van der Waals surface area contributed by atoms with Crippen molar-refractivity contribution in [2.24, 2.45) is 0 Å².